The second-order valence-corrected chi connectivity index (χ2v) is 7.60. The van der Waals surface area contributed by atoms with Gasteiger partial charge in [0.2, 0.25) is 0 Å². The summed E-state index contributed by atoms with van der Waals surface area (Å²) < 4.78 is 8.04. The highest BCUT2D eigenvalue weighted by Crippen LogP contribution is 2.32. The summed E-state index contributed by atoms with van der Waals surface area (Å²) >= 11 is 0. The molecule has 30 heavy (non-hydrogen) atoms. The number of para-hydroxylation sites is 1. The van der Waals surface area contributed by atoms with Crippen LogP contribution in [0, 0.1) is 6.92 Å². The first-order chi connectivity index (χ1) is 14.8. The van der Waals surface area contributed by atoms with Gasteiger partial charge in [0.1, 0.15) is 0 Å². The lowest BCUT2D eigenvalue weighted by Crippen LogP contribution is -2.01. The van der Waals surface area contributed by atoms with Crippen LogP contribution in [-0.2, 0) is 17.8 Å². The Kier molecular flexibility index (Phi) is 5.04. The molecule has 0 aliphatic rings. The first-order valence-electron chi connectivity index (χ1n) is 10.4. The van der Waals surface area contributed by atoms with E-state index in [-0.39, 0.29) is 0 Å². The van der Waals surface area contributed by atoms with E-state index in [4.69, 9.17) is 9.84 Å². The second kappa shape index (κ2) is 8.13. The Morgan fingerprint density at radius 3 is 2.20 bits per heavy atom. The average Bonchev–Trinajstić information content (AvgIpc) is 3.14. The second-order valence-electron chi connectivity index (χ2n) is 7.60. The van der Waals surface area contributed by atoms with E-state index < -0.39 is 0 Å². The number of hydrogen-bond acceptors (Lipinski definition) is 2. The van der Waals surface area contributed by atoms with Gasteiger partial charge in [-0.15, -0.1) is 0 Å². The Hall–Kier alpha value is -3.43. The molecule has 4 aromatic carbocycles. The Morgan fingerprint density at radius 1 is 0.767 bits per heavy atom. The zero-order valence-corrected chi connectivity index (χ0v) is 17.1. The lowest BCUT2D eigenvalue weighted by molar-refractivity contribution is 0.124. The van der Waals surface area contributed by atoms with Gasteiger partial charge < -0.3 is 4.74 Å². The third-order valence-corrected chi connectivity index (χ3v) is 5.58. The predicted octanol–water partition coefficient (Wildman–Crippen LogP) is 6.25. The molecule has 0 spiro atoms. The van der Waals surface area contributed by atoms with E-state index in [1.165, 1.54) is 32.8 Å². The molecular weight excluding hydrogens is 368 g/mol. The Morgan fingerprint density at radius 2 is 1.43 bits per heavy atom. The van der Waals surface area contributed by atoms with Crippen LogP contribution < -0.4 is 0 Å². The summed E-state index contributed by atoms with van der Waals surface area (Å²) in [6, 6.07) is 31.6. The van der Waals surface area contributed by atoms with Gasteiger partial charge in [0.15, 0.2) is 0 Å². The highest BCUT2D eigenvalue weighted by molar-refractivity contribution is 6.08. The summed E-state index contributed by atoms with van der Waals surface area (Å²) in [5.41, 5.74) is 5.81. The lowest BCUT2D eigenvalue weighted by atomic mass is 9.98. The number of aryl methyl sites for hydroxylation is 1. The van der Waals surface area contributed by atoms with E-state index in [1.54, 1.807) is 0 Å². The first kappa shape index (κ1) is 18.6. The van der Waals surface area contributed by atoms with Gasteiger partial charge in [0.05, 0.1) is 30.1 Å². The quantitative estimate of drug-likeness (QED) is 0.320. The van der Waals surface area contributed by atoms with Crippen LogP contribution in [0.2, 0.25) is 0 Å². The molecule has 5 rings (SSSR count). The molecule has 1 heterocycles. The minimum absolute atomic E-state index is 0.645. The molecule has 0 N–H and O–H groups in total. The molecule has 1 aromatic heterocycles. The van der Waals surface area contributed by atoms with Gasteiger partial charge in [-0.1, -0.05) is 72.8 Å². The number of aromatic nitrogens is 2. The van der Waals surface area contributed by atoms with Gasteiger partial charge in [-0.25, -0.2) is 4.68 Å². The zero-order valence-electron chi connectivity index (χ0n) is 17.1. The highest BCUT2D eigenvalue weighted by atomic mass is 16.5. The minimum atomic E-state index is 0.645. The average molecular weight is 393 g/mol. The Labute approximate surface area is 176 Å². The number of nitrogens with zero attached hydrogens (tertiary/aromatic N) is 2. The number of fused-ring (bicyclic) bond motifs is 3. The number of hydrogen-bond donors (Lipinski definition) is 0. The molecule has 3 nitrogen and oxygen atoms in total. The Balaban J connectivity index is 1.51. The van der Waals surface area contributed by atoms with Gasteiger partial charge in [-0.05, 0) is 48.1 Å². The summed E-state index contributed by atoms with van der Waals surface area (Å²) in [6.45, 7) is 3.43. The van der Waals surface area contributed by atoms with Crippen LogP contribution in [0.25, 0.3) is 27.4 Å². The molecule has 5 aromatic rings. The largest absolute Gasteiger partial charge is 0.376 e. The summed E-state index contributed by atoms with van der Waals surface area (Å²) in [4.78, 5) is 0. The molecule has 0 unspecified atom stereocenters. The molecule has 0 amide bonds. The van der Waals surface area contributed by atoms with Crippen molar-refractivity contribution in [1.82, 2.24) is 9.78 Å². The SMILES string of the molecule is Cc1nn(-c2ccccc2)c2c1cc(CCOCc1ccccc1)c1ccccc12. The van der Waals surface area contributed by atoms with Crippen LogP contribution in [0.1, 0.15) is 16.8 Å². The molecular formula is C27H24N2O. The standard InChI is InChI=1S/C27H24N2O/c1-20-26-18-22(16-17-30-19-21-10-4-2-5-11-21)24-14-8-9-15-25(24)27(26)29(28-20)23-12-6-3-7-13-23/h2-15,18H,16-17,19H2,1H3. The van der Waals surface area contributed by atoms with Crippen LogP contribution in [0.5, 0.6) is 0 Å². The molecule has 0 saturated carbocycles. The first-order valence-corrected chi connectivity index (χ1v) is 10.4. The molecule has 3 heteroatoms. The van der Waals surface area contributed by atoms with Crippen molar-refractivity contribution in [1.29, 1.82) is 0 Å². The van der Waals surface area contributed by atoms with Crippen molar-refractivity contribution in [3.8, 4) is 5.69 Å². The number of benzene rings is 4. The minimum Gasteiger partial charge on any atom is -0.376 e. The van der Waals surface area contributed by atoms with Gasteiger partial charge in [0.25, 0.3) is 0 Å². The third-order valence-electron chi connectivity index (χ3n) is 5.58. The van der Waals surface area contributed by atoms with Crippen molar-refractivity contribution in [2.45, 2.75) is 20.0 Å². The molecule has 148 valence electrons. The highest BCUT2D eigenvalue weighted by Gasteiger charge is 2.15. The fraction of sp³-hybridized carbons (Fsp3) is 0.148. The van der Waals surface area contributed by atoms with E-state index in [2.05, 4.69) is 78.3 Å². The van der Waals surface area contributed by atoms with Crippen LogP contribution >= 0.6 is 0 Å². The fourth-order valence-electron chi connectivity index (χ4n) is 4.10. The molecule has 0 fully saturated rings. The maximum Gasteiger partial charge on any atom is 0.0822 e. The van der Waals surface area contributed by atoms with Crippen LogP contribution in [-0.4, -0.2) is 16.4 Å². The van der Waals surface area contributed by atoms with E-state index >= 15 is 0 Å². The maximum absolute atomic E-state index is 5.97. The van der Waals surface area contributed by atoms with E-state index in [0.717, 1.165) is 17.8 Å². The van der Waals surface area contributed by atoms with Crippen molar-refractivity contribution < 1.29 is 4.74 Å². The van der Waals surface area contributed by atoms with Gasteiger partial charge in [-0.2, -0.15) is 5.10 Å². The molecule has 0 bridgehead atoms. The summed E-state index contributed by atoms with van der Waals surface area (Å²) in [7, 11) is 0. The van der Waals surface area contributed by atoms with Crippen molar-refractivity contribution in [2.24, 2.45) is 0 Å². The van der Waals surface area contributed by atoms with Crippen LogP contribution in [0.15, 0.2) is 91.0 Å². The predicted molar refractivity (Wildman–Crippen MR) is 123 cm³/mol. The molecule has 0 aliphatic carbocycles. The fourth-order valence-corrected chi connectivity index (χ4v) is 4.10. The summed E-state index contributed by atoms with van der Waals surface area (Å²) in [5, 5.41) is 8.58. The summed E-state index contributed by atoms with van der Waals surface area (Å²) in [5.74, 6) is 0. The van der Waals surface area contributed by atoms with Gasteiger partial charge >= 0.3 is 0 Å². The van der Waals surface area contributed by atoms with Gasteiger partial charge in [0, 0.05) is 10.8 Å². The van der Waals surface area contributed by atoms with Crippen LogP contribution in [0.4, 0.5) is 0 Å². The van der Waals surface area contributed by atoms with Crippen molar-refractivity contribution in [3.05, 3.63) is 108 Å². The molecule has 0 radical (unpaired) electrons. The monoisotopic (exact) mass is 392 g/mol. The summed E-state index contributed by atoms with van der Waals surface area (Å²) in [6.07, 6.45) is 0.874. The topological polar surface area (TPSA) is 27.1 Å². The van der Waals surface area contributed by atoms with Crippen molar-refractivity contribution >= 4 is 21.7 Å². The lowest BCUT2D eigenvalue weighted by Gasteiger charge is -2.11. The van der Waals surface area contributed by atoms with E-state index in [9.17, 15) is 0 Å². The molecule has 0 saturated heterocycles. The molecule has 0 aliphatic heterocycles. The third kappa shape index (κ3) is 3.49. The zero-order chi connectivity index (χ0) is 20.3. The van der Waals surface area contributed by atoms with Crippen LogP contribution in [0.3, 0.4) is 0 Å². The number of rotatable bonds is 6. The number of ether oxygens (including phenoxy) is 1. The normalized spacial score (nSPS) is 11.4. The Bertz CT molecular complexity index is 1290. The van der Waals surface area contributed by atoms with Crippen molar-refractivity contribution in [2.75, 3.05) is 6.61 Å². The maximum atomic E-state index is 5.97. The van der Waals surface area contributed by atoms with E-state index in [1.807, 2.05) is 24.3 Å². The smallest absolute Gasteiger partial charge is 0.0822 e. The van der Waals surface area contributed by atoms with E-state index in [0.29, 0.717) is 13.2 Å². The van der Waals surface area contributed by atoms with Gasteiger partial charge in [-0.3, -0.25) is 0 Å². The van der Waals surface area contributed by atoms with Crippen molar-refractivity contribution in [3.63, 3.8) is 0 Å². The molecule has 0 atom stereocenters.